The van der Waals surface area contributed by atoms with Gasteiger partial charge in [-0.3, -0.25) is 25.8 Å². The lowest BCUT2D eigenvalue weighted by atomic mass is 10.0. The van der Waals surface area contributed by atoms with Gasteiger partial charge in [0.1, 0.15) is 0 Å². The molecular formula is C25H23N3O4S. The number of hydrazine groups is 1. The van der Waals surface area contributed by atoms with E-state index < -0.39 is 5.91 Å². The molecule has 3 aromatic carbocycles. The average molecular weight is 462 g/mol. The fourth-order valence-electron chi connectivity index (χ4n) is 2.94. The van der Waals surface area contributed by atoms with Crippen molar-refractivity contribution in [2.75, 3.05) is 14.2 Å². The zero-order valence-corrected chi connectivity index (χ0v) is 18.9. The van der Waals surface area contributed by atoms with Crippen LogP contribution in [0.4, 0.5) is 0 Å². The summed E-state index contributed by atoms with van der Waals surface area (Å²) >= 11 is 5.06. The van der Waals surface area contributed by atoms with E-state index in [2.05, 4.69) is 16.2 Å². The van der Waals surface area contributed by atoms with Crippen molar-refractivity contribution in [1.29, 1.82) is 0 Å². The van der Waals surface area contributed by atoms with Crippen LogP contribution in [0.5, 0.6) is 11.5 Å². The van der Waals surface area contributed by atoms with Crippen LogP contribution in [0.2, 0.25) is 0 Å². The topological polar surface area (TPSA) is 88.7 Å². The number of amides is 2. The van der Waals surface area contributed by atoms with Gasteiger partial charge in [-0.1, -0.05) is 48.5 Å². The molecule has 8 heteroatoms. The number of ether oxygens (including phenoxy) is 2. The summed E-state index contributed by atoms with van der Waals surface area (Å²) in [7, 11) is 3.08. The van der Waals surface area contributed by atoms with Gasteiger partial charge in [0.25, 0.3) is 5.91 Å². The Balaban J connectivity index is 1.49. The quantitative estimate of drug-likeness (QED) is 0.295. The van der Waals surface area contributed by atoms with E-state index in [1.165, 1.54) is 13.2 Å². The van der Waals surface area contributed by atoms with Crippen LogP contribution in [-0.2, 0) is 4.79 Å². The van der Waals surface area contributed by atoms with Crippen molar-refractivity contribution >= 4 is 35.2 Å². The molecule has 2 amide bonds. The first kappa shape index (κ1) is 23.5. The van der Waals surface area contributed by atoms with Gasteiger partial charge in [-0.15, -0.1) is 0 Å². The molecule has 0 aliphatic rings. The molecule has 0 radical (unpaired) electrons. The maximum Gasteiger partial charge on any atom is 0.269 e. The zero-order valence-electron chi connectivity index (χ0n) is 18.1. The second-order valence-corrected chi connectivity index (χ2v) is 7.20. The Morgan fingerprint density at radius 1 is 0.818 bits per heavy atom. The SMILES string of the molecule is COc1ccc(C=CC(=O)NC(=S)NNC(=O)c2ccc(-c3ccccc3)cc2)cc1OC. The highest BCUT2D eigenvalue weighted by atomic mass is 32.1. The number of thiocarbonyl (C=S) groups is 1. The third kappa shape index (κ3) is 6.65. The molecule has 0 heterocycles. The number of hydrogen-bond acceptors (Lipinski definition) is 5. The number of hydrogen-bond donors (Lipinski definition) is 3. The molecule has 3 N–H and O–H groups in total. The molecule has 0 spiro atoms. The van der Waals surface area contributed by atoms with E-state index in [1.54, 1.807) is 43.5 Å². The predicted octanol–water partition coefficient (Wildman–Crippen LogP) is 3.72. The van der Waals surface area contributed by atoms with Crippen LogP contribution in [0.15, 0.2) is 78.9 Å². The molecule has 0 bridgehead atoms. The number of rotatable bonds is 6. The molecule has 3 rings (SSSR count). The number of nitrogens with one attached hydrogen (secondary N) is 3. The van der Waals surface area contributed by atoms with Gasteiger partial charge in [-0.2, -0.15) is 0 Å². The molecule has 0 fully saturated rings. The average Bonchev–Trinajstić information content (AvgIpc) is 2.86. The molecule has 0 saturated carbocycles. The first-order chi connectivity index (χ1) is 16.0. The summed E-state index contributed by atoms with van der Waals surface area (Å²) in [6.45, 7) is 0. The maximum atomic E-state index is 12.3. The van der Waals surface area contributed by atoms with E-state index in [9.17, 15) is 9.59 Å². The number of carbonyl (C=O) groups is 2. The smallest absolute Gasteiger partial charge is 0.269 e. The van der Waals surface area contributed by atoms with Crippen molar-refractivity contribution < 1.29 is 19.1 Å². The third-order valence-electron chi connectivity index (χ3n) is 4.62. The fraction of sp³-hybridized carbons (Fsp3) is 0.0800. The van der Waals surface area contributed by atoms with Crippen molar-refractivity contribution in [3.05, 3.63) is 90.0 Å². The molecule has 0 unspecified atom stereocenters. The van der Waals surface area contributed by atoms with E-state index in [-0.39, 0.29) is 11.0 Å². The zero-order chi connectivity index (χ0) is 23.6. The monoisotopic (exact) mass is 461 g/mol. The van der Waals surface area contributed by atoms with E-state index in [0.29, 0.717) is 17.1 Å². The van der Waals surface area contributed by atoms with Gasteiger partial charge in [-0.25, -0.2) is 0 Å². The highest BCUT2D eigenvalue weighted by Gasteiger charge is 2.08. The summed E-state index contributed by atoms with van der Waals surface area (Å²) in [5.41, 5.74) is 8.24. The van der Waals surface area contributed by atoms with Gasteiger partial charge >= 0.3 is 0 Å². The van der Waals surface area contributed by atoms with Gasteiger partial charge in [0.2, 0.25) is 5.91 Å². The minimum atomic E-state index is -0.455. The van der Waals surface area contributed by atoms with E-state index in [1.807, 2.05) is 42.5 Å². The number of benzene rings is 3. The van der Waals surface area contributed by atoms with Crippen LogP contribution in [-0.4, -0.2) is 31.1 Å². The van der Waals surface area contributed by atoms with Gasteiger partial charge in [-0.05, 0) is 59.2 Å². The van der Waals surface area contributed by atoms with Crippen LogP contribution in [0.25, 0.3) is 17.2 Å². The number of methoxy groups -OCH3 is 2. The summed E-state index contributed by atoms with van der Waals surface area (Å²) in [4.78, 5) is 24.4. The minimum absolute atomic E-state index is 0.0359. The lowest BCUT2D eigenvalue weighted by molar-refractivity contribution is -0.115. The van der Waals surface area contributed by atoms with Gasteiger partial charge in [0.05, 0.1) is 14.2 Å². The van der Waals surface area contributed by atoms with E-state index in [0.717, 1.165) is 16.7 Å². The molecule has 33 heavy (non-hydrogen) atoms. The van der Waals surface area contributed by atoms with Gasteiger partial charge < -0.3 is 9.47 Å². The van der Waals surface area contributed by atoms with Gasteiger partial charge in [0, 0.05) is 11.6 Å². The Kier molecular flexibility index (Phi) is 8.15. The third-order valence-corrected chi connectivity index (χ3v) is 4.82. The predicted molar refractivity (Wildman–Crippen MR) is 132 cm³/mol. The molecule has 0 aromatic heterocycles. The Morgan fingerprint density at radius 3 is 2.15 bits per heavy atom. The Bertz CT molecular complexity index is 1160. The lowest BCUT2D eigenvalue weighted by Crippen LogP contribution is -2.48. The largest absolute Gasteiger partial charge is 0.493 e. The molecule has 168 valence electrons. The summed E-state index contributed by atoms with van der Waals surface area (Å²) < 4.78 is 10.4. The summed E-state index contributed by atoms with van der Waals surface area (Å²) in [5.74, 6) is 0.308. The van der Waals surface area contributed by atoms with Crippen LogP contribution < -0.4 is 25.6 Å². The van der Waals surface area contributed by atoms with Crippen molar-refractivity contribution in [3.63, 3.8) is 0 Å². The highest BCUT2D eigenvalue weighted by molar-refractivity contribution is 7.80. The maximum absolute atomic E-state index is 12.3. The normalized spacial score (nSPS) is 10.4. The van der Waals surface area contributed by atoms with Crippen molar-refractivity contribution in [2.45, 2.75) is 0 Å². The van der Waals surface area contributed by atoms with Crippen LogP contribution in [0.3, 0.4) is 0 Å². The molecule has 0 atom stereocenters. The molecule has 0 aliphatic carbocycles. The lowest BCUT2D eigenvalue weighted by Gasteiger charge is -2.10. The first-order valence-corrected chi connectivity index (χ1v) is 10.4. The van der Waals surface area contributed by atoms with E-state index in [4.69, 9.17) is 21.7 Å². The van der Waals surface area contributed by atoms with Crippen LogP contribution in [0, 0.1) is 0 Å². The van der Waals surface area contributed by atoms with Crippen LogP contribution >= 0.6 is 12.2 Å². The summed E-state index contributed by atoms with van der Waals surface area (Å²) in [6, 6.07) is 22.3. The molecule has 7 nitrogen and oxygen atoms in total. The van der Waals surface area contributed by atoms with Gasteiger partial charge in [0.15, 0.2) is 16.6 Å². The molecule has 3 aromatic rings. The second kappa shape index (κ2) is 11.4. The molecule has 0 aliphatic heterocycles. The Labute approximate surface area is 197 Å². The standard InChI is InChI=1S/C25H23N3O4S/c1-31-21-14-8-17(16-22(21)32-2)9-15-23(29)26-25(33)28-27-24(30)20-12-10-19(11-13-20)18-6-4-3-5-7-18/h3-16H,1-2H3,(H,27,30)(H2,26,28,29,33). The second-order valence-electron chi connectivity index (χ2n) is 6.79. The minimum Gasteiger partial charge on any atom is -0.493 e. The molecular weight excluding hydrogens is 438 g/mol. The highest BCUT2D eigenvalue weighted by Crippen LogP contribution is 2.27. The Morgan fingerprint density at radius 2 is 1.48 bits per heavy atom. The fourth-order valence-corrected chi connectivity index (χ4v) is 3.10. The Hall–Kier alpha value is -4.17. The number of carbonyl (C=O) groups excluding carboxylic acids is 2. The first-order valence-electron chi connectivity index (χ1n) is 9.97. The van der Waals surface area contributed by atoms with E-state index >= 15 is 0 Å². The van der Waals surface area contributed by atoms with Crippen molar-refractivity contribution in [3.8, 4) is 22.6 Å². The van der Waals surface area contributed by atoms with Crippen molar-refractivity contribution in [1.82, 2.24) is 16.2 Å². The summed E-state index contributed by atoms with van der Waals surface area (Å²) in [5, 5.41) is 2.43. The van der Waals surface area contributed by atoms with Crippen molar-refractivity contribution in [2.24, 2.45) is 0 Å². The summed E-state index contributed by atoms with van der Waals surface area (Å²) in [6.07, 6.45) is 2.92. The van der Waals surface area contributed by atoms with Crippen LogP contribution in [0.1, 0.15) is 15.9 Å². The molecule has 0 saturated heterocycles.